The molecule has 1 rings (SSSR count). The lowest BCUT2D eigenvalue weighted by Gasteiger charge is -2.10. The van der Waals surface area contributed by atoms with Gasteiger partial charge in [0, 0.05) is 12.7 Å². The minimum absolute atomic E-state index is 0.00872. The van der Waals surface area contributed by atoms with Crippen molar-refractivity contribution in [2.45, 2.75) is 18.9 Å². The van der Waals surface area contributed by atoms with Gasteiger partial charge in [0.2, 0.25) is 0 Å². The molecule has 0 heterocycles. The number of benzene rings is 1. The fourth-order valence-electron chi connectivity index (χ4n) is 1.41. The molecule has 0 fully saturated rings. The molecule has 1 aromatic carbocycles. The molecular formula is C11H14F2O3S. The molecule has 0 bridgehead atoms. The van der Waals surface area contributed by atoms with Gasteiger partial charge in [0.15, 0.2) is 11.6 Å². The predicted molar refractivity (Wildman–Crippen MR) is 60.4 cm³/mol. The van der Waals surface area contributed by atoms with Crippen LogP contribution < -0.4 is 0 Å². The second-order valence-electron chi connectivity index (χ2n) is 3.99. The van der Waals surface area contributed by atoms with Crippen molar-refractivity contribution in [3.05, 3.63) is 35.4 Å². The highest BCUT2D eigenvalue weighted by atomic mass is 32.2. The summed E-state index contributed by atoms with van der Waals surface area (Å²) in [6, 6.07) is 3.70. The van der Waals surface area contributed by atoms with E-state index in [4.69, 9.17) is 0 Å². The first-order valence-electron chi connectivity index (χ1n) is 5.08. The molecule has 0 aliphatic carbocycles. The molecule has 1 N–H and O–H groups in total. The number of hydrogen-bond donors (Lipinski definition) is 1. The molecule has 3 nitrogen and oxygen atoms in total. The SMILES string of the molecule is CS(=O)(=O)CCC(O)Cc1cccc(F)c1F. The van der Waals surface area contributed by atoms with Gasteiger partial charge >= 0.3 is 0 Å². The van der Waals surface area contributed by atoms with Crippen molar-refractivity contribution < 1.29 is 22.3 Å². The van der Waals surface area contributed by atoms with E-state index in [1.807, 2.05) is 0 Å². The van der Waals surface area contributed by atoms with Crippen LogP contribution in [-0.4, -0.2) is 31.6 Å². The average Bonchev–Trinajstić information content (AvgIpc) is 2.21. The van der Waals surface area contributed by atoms with Gasteiger partial charge in [-0.3, -0.25) is 0 Å². The second-order valence-corrected chi connectivity index (χ2v) is 6.25. The molecule has 0 radical (unpaired) electrons. The van der Waals surface area contributed by atoms with Crippen molar-refractivity contribution in [2.24, 2.45) is 0 Å². The largest absolute Gasteiger partial charge is 0.393 e. The zero-order chi connectivity index (χ0) is 13.1. The minimum atomic E-state index is -3.16. The highest BCUT2D eigenvalue weighted by Gasteiger charge is 2.14. The molecule has 0 amide bonds. The Morgan fingerprint density at radius 2 is 2.00 bits per heavy atom. The molecule has 6 heteroatoms. The van der Waals surface area contributed by atoms with E-state index in [9.17, 15) is 22.3 Å². The quantitative estimate of drug-likeness (QED) is 0.872. The fourth-order valence-corrected chi connectivity index (χ4v) is 2.11. The summed E-state index contributed by atoms with van der Waals surface area (Å²) >= 11 is 0. The Morgan fingerprint density at radius 3 is 2.59 bits per heavy atom. The van der Waals surface area contributed by atoms with Gasteiger partial charge in [-0.1, -0.05) is 12.1 Å². The van der Waals surface area contributed by atoms with E-state index < -0.39 is 27.6 Å². The normalized spacial score (nSPS) is 13.6. The number of aliphatic hydroxyl groups excluding tert-OH is 1. The summed E-state index contributed by atoms with van der Waals surface area (Å²) in [5.41, 5.74) is 0.0472. The van der Waals surface area contributed by atoms with E-state index in [1.54, 1.807) is 0 Å². The van der Waals surface area contributed by atoms with E-state index in [-0.39, 0.29) is 24.2 Å². The topological polar surface area (TPSA) is 54.4 Å². The van der Waals surface area contributed by atoms with E-state index >= 15 is 0 Å². The maximum atomic E-state index is 13.2. The number of rotatable bonds is 5. The molecule has 0 aliphatic rings. The molecule has 1 unspecified atom stereocenters. The fraction of sp³-hybridized carbons (Fsp3) is 0.455. The maximum absolute atomic E-state index is 13.2. The highest BCUT2D eigenvalue weighted by Crippen LogP contribution is 2.14. The van der Waals surface area contributed by atoms with Gasteiger partial charge in [-0.05, 0) is 18.1 Å². The first-order chi connectivity index (χ1) is 7.79. The lowest BCUT2D eigenvalue weighted by Crippen LogP contribution is -2.17. The molecule has 0 aliphatic heterocycles. The first kappa shape index (κ1) is 14.1. The number of aliphatic hydroxyl groups is 1. The summed E-state index contributed by atoms with van der Waals surface area (Å²) < 4.78 is 47.8. The van der Waals surface area contributed by atoms with Crippen LogP contribution in [0.4, 0.5) is 8.78 Å². The Bertz CT molecular complexity index is 485. The van der Waals surface area contributed by atoms with Crippen LogP contribution in [0.5, 0.6) is 0 Å². The van der Waals surface area contributed by atoms with Crippen LogP contribution in [0.2, 0.25) is 0 Å². The molecule has 0 aromatic heterocycles. The van der Waals surface area contributed by atoms with Crippen molar-refractivity contribution in [1.29, 1.82) is 0 Å². The third-order valence-electron chi connectivity index (χ3n) is 2.31. The van der Waals surface area contributed by atoms with Crippen molar-refractivity contribution in [2.75, 3.05) is 12.0 Å². The smallest absolute Gasteiger partial charge is 0.162 e. The third kappa shape index (κ3) is 4.79. The predicted octanol–water partition coefficient (Wildman–Crippen LogP) is 1.30. The van der Waals surface area contributed by atoms with Crippen LogP contribution in [0.1, 0.15) is 12.0 Å². The molecule has 0 saturated carbocycles. The van der Waals surface area contributed by atoms with E-state index in [2.05, 4.69) is 0 Å². The Labute approximate surface area is 99.0 Å². The lowest BCUT2D eigenvalue weighted by atomic mass is 10.1. The van der Waals surface area contributed by atoms with Crippen molar-refractivity contribution in [3.8, 4) is 0 Å². The molecule has 17 heavy (non-hydrogen) atoms. The van der Waals surface area contributed by atoms with Crippen molar-refractivity contribution in [3.63, 3.8) is 0 Å². The van der Waals surface area contributed by atoms with E-state index in [0.717, 1.165) is 12.3 Å². The Balaban J connectivity index is 2.62. The summed E-state index contributed by atoms with van der Waals surface area (Å²) in [7, 11) is -3.16. The van der Waals surface area contributed by atoms with Crippen LogP contribution in [0.3, 0.4) is 0 Å². The van der Waals surface area contributed by atoms with E-state index in [1.165, 1.54) is 12.1 Å². The van der Waals surface area contributed by atoms with E-state index in [0.29, 0.717) is 0 Å². The third-order valence-corrected chi connectivity index (χ3v) is 3.29. The molecular weight excluding hydrogens is 250 g/mol. The van der Waals surface area contributed by atoms with Crippen LogP contribution in [0.25, 0.3) is 0 Å². The summed E-state index contributed by atoms with van der Waals surface area (Å²) in [4.78, 5) is 0. The monoisotopic (exact) mass is 264 g/mol. The summed E-state index contributed by atoms with van der Waals surface area (Å²) in [5, 5.41) is 9.53. The van der Waals surface area contributed by atoms with Gasteiger partial charge in [0.1, 0.15) is 9.84 Å². The summed E-state index contributed by atoms with van der Waals surface area (Å²) in [6.45, 7) is 0. The Morgan fingerprint density at radius 1 is 1.35 bits per heavy atom. The number of sulfone groups is 1. The maximum Gasteiger partial charge on any atom is 0.162 e. The van der Waals surface area contributed by atoms with Crippen molar-refractivity contribution in [1.82, 2.24) is 0 Å². The molecule has 1 aromatic rings. The van der Waals surface area contributed by atoms with Gasteiger partial charge in [-0.15, -0.1) is 0 Å². The molecule has 1 atom stereocenters. The zero-order valence-electron chi connectivity index (χ0n) is 9.36. The molecule has 0 spiro atoms. The summed E-state index contributed by atoms with van der Waals surface area (Å²) in [6.07, 6.45) is -0.0304. The number of halogens is 2. The van der Waals surface area contributed by atoms with Crippen LogP contribution in [-0.2, 0) is 16.3 Å². The van der Waals surface area contributed by atoms with Gasteiger partial charge in [-0.25, -0.2) is 17.2 Å². The molecule has 96 valence electrons. The van der Waals surface area contributed by atoms with Gasteiger partial charge < -0.3 is 5.11 Å². The standard InChI is InChI=1S/C11H14F2O3S/c1-17(15,16)6-5-9(14)7-8-3-2-4-10(12)11(8)13/h2-4,9,14H,5-7H2,1H3. The van der Waals surface area contributed by atoms with Crippen molar-refractivity contribution >= 4 is 9.84 Å². The zero-order valence-corrected chi connectivity index (χ0v) is 10.2. The minimum Gasteiger partial charge on any atom is -0.393 e. The highest BCUT2D eigenvalue weighted by molar-refractivity contribution is 7.90. The van der Waals surface area contributed by atoms with Gasteiger partial charge in [0.25, 0.3) is 0 Å². The van der Waals surface area contributed by atoms with Crippen LogP contribution in [0, 0.1) is 11.6 Å². The average molecular weight is 264 g/mol. The number of hydrogen-bond acceptors (Lipinski definition) is 3. The first-order valence-corrected chi connectivity index (χ1v) is 7.14. The van der Waals surface area contributed by atoms with Gasteiger partial charge in [-0.2, -0.15) is 0 Å². The Hall–Kier alpha value is -1.01. The Kier molecular flexibility index (Phi) is 4.59. The van der Waals surface area contributed by atoms with Crippen LogP contribution >= 0.6 is 0 Å². The van der Waals surface area contributed by atoms with Gasteiger partial charge in [0.05, 0.1) is 11.9 Å². The second kappa shape index (κ2) is 5.55. The lowest BCUT2D eigenvalue weighted by molar-refractivity contribution is 0.170. The molecule has 0 saturated heterocycles. The summed E-state index contributed by atoms with van der Waals surface area (Å²) in [5.74, 6) is -2.14. The van der Waals surface area contributed by atoms with Crippen LogP contribution in [0.15, 0.2) is 18.2 Å².